The molecule has 0 radical (unpaired) electrons. The predicted molar refractivity (Wildman–Crippen MR) is 142 cm³/mol. The molecular weight excluding hydrogens is 485 g/mol. The highest BCUT2D eigenvalue weighted by atomic mass is 19.1. The largest absolute Gasteiger partial charge is 0.355 e. The summed E-state index contributed by atoms with van der Waals surface area (Å²) in [6, 6.07) is 3.56. The zero-order valence-electron chi connectivity index (χ0n) is 20.7. The van der Waals surface area contributed by atoms with E-state index in [9.17, 15) is 4.79 Å². The first-order valence-corrected chi connectivity index (χ1v) is 13.0. The van der Waals surface area contributed by atoms with Crippen molar-refractivity contribution in [3.63, 3.8) is 0 Å². The van der Waals surface area contributed by atoms with Crippen LogP contribution in [0.5, 0.6) is 0 Å². The average molecular weight is 512 g/mol. The number of halogens is 1. The van der Waals surface area contributed by atoms with Crippen molar-refractivity contribution in [1.29, 1.82) is 0 Å². The van der Waals surface area contributed by atoms with Gasteiger partial charge in [0.05, 0.1) is 34.5 Å². The van der Waals surface area contributed by atoms with Crippen LogP contribution in [0, 0.1) is 11.7 Å². The van der Waals surface area contributed by atoms with Gasteiger partial charge >= 0.3 is 0 Å². The summed E-state index contributed by atoms with van der Waals surface area (Å²) in [5, 5.41) is 10.4. The first-order chi connectivity index (χ1) is 18.7. The third-order valence-corrected chi connectivity index (χ3v) is 7.56. The maximum absolute atomic E-state index is 16.0. The molecule has 1 saturated heterocycles. The minimum absolute atomic E-state index is 0.0282. The number of aromatic amines is 2. The zero-order chi connectivity index (χ0) is 25.6. The Morgan fingerprint density at radius 2 is 1.89 bits per heavy atom. The molecule has 10 nitrogen and oxygen atoms in total. The lowest BCUT2D eigenvalue weighted by atomic mass is 9.85. The van der Waals surface area contributed by atoms with Gasteiger partial charge in [-0.1, -0.05) is 6.42 Å². The van der Waals surface area contributed by atoms with Gasteiger partial charge in [0.25, 0.3) is 0 Å². The minimum Gasteiger partial charge on any atom is -0.355 e. The number of hydrogen-bond donors (Lipinski definition) is 3. The van der Waals surface area contributed by atoms with Gasteiger partial charge in [-0.15, -0.1) is 0 Å². The van der Waals surface area contributed by atoms with Gasteiger partial charge in [-0.3, -0.25) is 19.9 Å². The molecule has 6 heterocycles. The molecule has 2 aliphatic rings. The normalized spacial score (nSPS) is 16.2. The van der Waals surface area contributed by atoms with Crippen molar-refractivity contribution in [2.75, 3.05) is 23.3 Å². The van der Waals surface area contributed by atoms with E-state index in [0.29, 0.717) is 28.3 Å². The number of piperidine rings is 1. The van der Waals surface area contributed by atoms with Gasteiger partial charge < -0.3 is 15.2 Å². The molecular formula is C27H26FN9O. The maximum atomic E-state index is 16.0. The summed E-state index contributed by atoms with van der Waals surface area (Å²) in [5.41, 5.74) is 3.49. The number of rotatable bonds is 5. The molecule has 7 rings (SSSR count). The van der Waals surface area contributed by atoms with Crippen LogP contribution in [-0.4, -0.2) is 54.1 Å². The second kappa shape index (κ2) is 9.16. The van der Waals surface area contributed by atoms with Gasteiger partial charge in [0, 0.05) is 37.0 Å². The number of carbonyl (C=O) groups is 1. The smallest absolute Gasteiger partial charge is 0.227 e. The van der Waals surface area contributed by atoms with Crippen LogP contribution in [0.3, 0.4) is 0 Å². The van der Waals surface area contributed by atoms with Crippen LogP contribution in [-0.2, 0) is 4.79 Å². The SMILES string of the molecule is O=C(Nc1cncc(-c2ncc3[nH]nc(-c4nc5c(N6CCCCC6)nccc5[nH]4)c3c2F)c1)C1CCC1. The third kappa shape index (κ3) is 3.85. The third-order valence-electron chi connectivity index (χ3n) is 7.56. The highest BCUT2D eigenvalue weighted by Gasteiger charge is 2.26. The monoisotopic (exact) mass is 511 g/mol. The number of anilines is 2. The Morgan fingerprint density at radius 3 is 2.71 bits per heavy atom. The molecule has 0 spiro atoms. The van der Waals surface area contributed by atoms with Crippen LogP contribution in [0.25, 0.3) is 44.7 Å². The quantitative estimate of drug-likeness (QED) is 0.308. The standard InChI is InChI=1S/C27H26FN9O/c28-21-20-19(14-31-22(21)16-11-17(13-29-12-16)32-27(38)15-5-4-6-15)35-36-24(20)25-33-18-7-8-30-26(23(18)34-25)37-9-2-1-3-10-37/h7-8,11-15H,1-6,9-10H2,(H,32,38)(H,33,34)(H,35,36). The molecule has 1 saturated carbocycles. The number of pyridine rings is 3. The molecule has 5 aromatic heterocycles. The second-order valence-corrected chi connectivity index (χ2v) is 10.0. The van der Waals surface area contributed by atoms with E-state index in [2.05, 4.69) is 40.3 Å². The summed E-state index contributed by atoms with van der Waals surface area (Å²) in [6.45, 7) is 1.88. The Labute approximate surface area is 217 Å². The molecule has 1 amide bonds. The van der Waals surface area contributed by atoms with Crippen molar-refractivity contribution >= 4 is 39.3 Å². The zero-order valence-corrected chi connectivity index (χ0v) is 20.7. The molecule has 0 bridgehead atoms. The summed E-state index contributed by atoms with van der Waals surface area (Å²) in [5.74, 6) is 0.755. The Kier molecular flexibility index (Phi) is 5.49. The van der Waals surface area contributed by atoms with Gasteiger partial charge in [-0.25, -0.2) is 14.4 Å². The van der Waals surface area contributed by atoms with Crippen molar-refractivity contribution in [3.8, 4) is 22.8 Å². The summed E-state index contributed by atoms with van der Waals surface area (Å²) in [4.78, 5) is 35.9. The molecule has 2 fully saturated rings. The Balaban J connectivity index is 1.27. The molecule has 0 atom stereocenters. The van der Waals surface area contributed by atoms with E-state index in [4.69, 9.17) is 4.98 Å². The van der Waals surface area contributed by atoms with Crippen LogP contribution in [0.2, 0.25) is 0 Å². The minimum atomic E-state index is -0.537. The summed E-state index contributed by atoms with van der Waals surface area (Å²) in [6.07, 6.45) is 12.7. The molecule has 0 aromatic carbocycles. The number of nitrogens with one attached hydrogen (secondary N) is 3. The highest BCUT2D eigenvalue weighted by molar-refractivity contribution is 5.97. The Bertz CT molecular complexity index is 1670. The fourth-order valence-electron chi connectivity index (χ4n) is 5.27. The van der Waals surface area contributed by atoms with E-state index in [-0.39, 0.29) is 22.9 Å². The number of amides is 1. The number of imidazole rings is 1. The number of nitrogens with zero attached hydrogens (tertiary/aromatic N) is 6. The van der Waals surface area contributed by atoms with Gasteiger partial charge in [0.1, 0.15) is 16.9 Å². The van der Waals surface area contributed by atoms with Crippen molar-refractivity contribution in [2.24, 2.45) is 5.92 Å². The van der Waals surface area contributed by atoms with Crippen molar-refractivity contribution in [1.82, 2.24) is 35.1 Å². The molecule has 0 unspecified atom stereocenters. The number of hydrogen-bond acceptors (Lipinski definition) is 7. The number of aromatic nitrogens is 7. The summed E-state index contributed by atoms with van der Waals surface area (Å²) < 4.78 is 16.0. The van der Waals surface area contributed by atoms with Crippen molar-refractivity contribution < 1.29 is 9.18 Å². The molecule has 3 N–H and O–H groups in total. The average Bonchev–Trinajstić information content (AvgIpc) is 3.53. The molecule has 1 aliphatic carbocycles. The van der Waals surface area contributed by atoms with Gasteiger partial charge in [-0.2, -0.15) is 5.10 Å². The number of H-pyrrole nitrogens is 2. The lowest BCUT2D eigenvalue weighted by molar-refractivity contribution is -0.122. The molecule has 192 valence electrons. The van der Waals surface area contributed by atoms with E-state index in [1.54, 1.807) is 24.7 Å². The first-order valence-electron chi connectivity index (χ1n) is 13.0. The van der Waals surface area contributed by atoms with Gasteiger partial charge in [0.2, 0.25) is 5.91 Å². The second-order valence-electron chi connectivity index (χ2n) is 10.0. The van der Waals surface area contributed by atoms with E-state index < -0.39 is 5.82 Å². The Hall–Kier alpha value is -4.41. The summed E-state index contributed by atoms with van der Waals surface area (Å²) in [7, 11) is 0. The van der Waals surface area contributed by atoms with Gasteiger partial charge in [0.15, 0.2) is 17.5 Å². The fourth-order valence-corrected chi connectivity index (χ4v) is 5.27. The first kappa shape index (κ1) is 22.8. The van der Waals surface area contributed by atoms with Crippen molar-refractivity contribution in [2.45, 2.75) is 38.5 Å². The molecule has 1 aliphatic heterocycles. The van der Waals surface area contributed by atoms with Crippen LogP contribution in [0.4, 0.5) is 15.9 Å². The van der Waals surface area contributed by atoms with E-state index in [0.717, 1.165) is 62.0 Å². The number of carbonyl (C=O) groups excluding carboxylic acids is 1. The molecule has 11 heteroatoms. The predicted octanol–water partition coefficient (Wildman–Crippen LogP) is 4.83. The van der Waals surface area contributed by atoms with Crippen LogP contribution in [0.1, 0.15) is 38.5 Å². The molecule has 38 heavy (non-hydrogen) atoms. The maximum Gasteiger partial charge on any atom is 0.227 e. The van der Waals surface area contributed by atoms with Crippen LogP contribution < -0.4 is 10.2 Å². The Morgan fingerprint density at radius 1 is 1.03 bits per heavy atom. The van der Waals surface area contributed by atoms with Gasteiger partial charge in [-0.05, 0) is 44.2 Å². The van der Waals surface area contributed by atoms with E-state index in [1.165, 1.54) is 12.6 Å². The highest BCUT2D eigenvalue weighted by Crippen LogP contribution is 2.34. The lowest BCUT2D eigenvalue weighted by Crippen LogP contribution is -2.30. The topological polar surface area (TPSA) is 128 Å². The van der Waals surface area contributed by atoms with E-state index in [1.807, 2.05) is 6.07 Å². The fraction of sp³-hybridized carbons (Fsp3) is 0.333. The van der Waals surface area contributed by atoms with Crippen LogP contribution >= 0.6 is 0 Å². The molecule has 5 aromatic rings. The summed E-state index contributed by atoms with van der Waals surface area (Å²) >= 11 is 0. The number of fused-ring (bicyclic) bond motifs is 2. The van der Waals surface area contributed by atoms with Crippen molar-refractivity contribution in [3.05, 3.63) is 42.7 Å². The van der Waals surface area contributed by atoms with Crippen LogP contribution in [0.15, 0.2) is 36.9 Å². The lowest BCUT2D eigenvalue weighted by Gasteiger charge is -2.27. The van der Waals surface area contributed by atoms with E-state index >= 15 is 4.39 Å².